The van der Waals surface area contributed by atoms with Crippen LogP contribution in [0.1, 0.15) is 32.6 Å². The first-order valence-electron chi connectivity index (χ1n) is 6.49. The average Bonchev–Trinajstić information content (AvgIpc) is 3.02. The molecule has 0 aliphatic rings. The second-order valence-electron chi connectivity index (χ2n) is 4.33. The molecule has 0 aliphatic carbocycles. The fourth-order valence-electron chi connectivity index (χ4n) is 1.77. The summed E-state index contributed by atoms with van der Waals surface area (Å²) in [7, 11) is 3.12. The summed E-state index contributed by atoms with van der Waals surface area (Å²) in [6.07, 6.45) is 1.54. The molecule has 0 aromatic carbocycles. The van der Waals surface area contributed by atoms with Gasteiger partial charge in [-0.25, -0.2) is 9.78 Å². The highest BCUT2D eigenvalue weighted by atomic mass is 32.1. The zero-order chi connectivity index (χ0) is 16.3. The fourth-order valence-corrected chi connectivity index (χ4v) is 2.63. The van der Waals surface area contributed by atoms with Gasteiger partial charge in [-0.1, -0.05) is 11.3 Å². The van der Waals surface area contributed by atoms with E-state index in [1.165, 1.54) is 11.8 Å². The van der Waals surface area contributed by atoms with E-state index in [-0.39, 0.29) is 18.1 Å². The van der Waals surface area contributed by atoms with Gasteiger partial charge >= 0.3 is 5.97 Å². The number of aryl methyl sites for hydroxylation is 2. The number of nitrogens with zero attached hydrogens (tertiary/aromatic N) is 3. The van der Waals surface area contributed by atoms with Crippen molar-refractivity contribution in [3.8, 4) is 5.88 Å². The Kier molecular flexibility index (Phi) is 4.76. The van der Waals surface area contributed by atoms with Crippen molar-refractivity contribution in [1.29, 1.82) is 0 Å². The molecule has 22 heavy (non-hydrogen) atoms. The number of thiazole rings is 1. The lowest BCUT2D eigenvalue weighted by molar-refractivity contribution is 0.0531. The van der Waals surface area contributed by atoms with Gasteiger partial charge in [0.15, 0.2) is 5.13 Å². The van der Waals surface area contributed by atoms with Crippen LogP contribution < -0.4 is 10.1 Å². The number of methoxy groups -OCH3 is 1. The van der Waals surface area contributed by atoms with Crippen LogP contribution in [-0.2, 0) is 11.8 Å². The van der Waals surface area contributed by atoms with Gasteiger partial charge in [0.05, 0.1) is 19.4 Å². The first-order chi connectivity index (χ1) is 10.5. The van der Waals surface area contributed by atoms with Crippen LogP contribution in [-0.4, -0.2) is 40.4 Å². The summed E-state index contributed by atoms with van der Waals surface area (Å²) in [6, 6.07) is 0. The molecule has 0 aliphatic heterocycles. The Morgan fingerprint density at radius 3 is 2.82 bits per heavy atom. The van der Waals surface area contributed by atoms with E-state index in [1.807, 2.05) is 0 Å². The Bertz CT molecular complexity index is 707. The van der Waals surface area contributed by atoms with Crippen LogP contribution in [0.4, 0.5) is 5.13 Å². The van der Waals surface area contributed by atoms with E-state index in [0.29, 0.717) is 15.7 Å². The van der Waals surface area contributed by atoms with Crippen LogP contribution in [0.15, 0.2) is 6.20 Å². The summed E-state index contributed by atoms with van der Waals surface area (Å²) in [5.41, 5.74) is 0.799. The predicted molar refractivity (Wildman–Crippen MR) is 80.5 cm³/mol. The van der Waals surface area contributed by atoms with Crippen LogP contribution in [0.25, 0.3) is 0 Å². The molecule has 2 aromatic heterocycles. The number of ether oxygens (including phenoxy) is 2. The molecule has 0 saturated carbocycles. The molecule has 2 heterocycles. The number of anilines is 1. The predicted octanol–water partition coefficient (Wildman–Crippen LogP) is 1.62. The van der Waals surface area contributed by atoms with Crippen molar-refractivity contribution in [2.75, 3.05) is 19.0 Å². The molecule has 1 amide bonds. The van der Waals surface area contributed by atoms with Crippen LogP contribution >= 0.6 is 11.3 Å². The highest BCUT2D eigenvalue weighted by molar-refractivity contribution is 7.17. The van der Waals surface area contributed by atoms with Crippen molar-refractivity contribution in [3.63, 3.8) is 0 Å². The highest BCUT2D eigenvalue weighted by Crippen LogP contribution is 2.25. The molecule has 2 aromatic rings. The monoisotopic (exact) mass is 324 g/mol. The number of amides is 1. The molecule has 0 spiro atoms. The molecule has 2 rings (SSSR count). The van der Waals surface area contributed by atoms with E-state index in [2.05, 4.69) is 15.4 Å². The van der Waals surface area contributed by atoms with E-state index in [0.717, 1.165) is 11.3 Å². The molecule has 8 nitrogen and oxygen atoms in total. The largest absolute Gasteiger partial charge is 0.479 e. The van der Waals surface area contributed by atoms with Crippen molar-refractivity contribution >= 4 is 28.3 Å². The van der Waals surface area contributed by atoms with Gasteiger partial charge in [0.25, 0.3) is 5.91 Å². The van der Waals surface area contributed by atoms with Crippen molar-refractivity contribution in [1.82, 2.24) is 14.8 Å². The summed E-state index contributed by atoms with van der Waals surface area (Å²) in [5.74, 6) is -0.634. The second kappa shape index (κ2) is 6.56. The van der Waals surface area contributed by atoms with Gasteiger partial charge in [0.1, 0.15) is 10.4 Å². The summed E-state index contributed by atoms with van der Waals surface area (Å²) in [5, 5.41) is 6.96. The minimum atomic E-state index is -0.447. The van der Waals surface area contributed by atoms with Gasteiger partial charge in [0.2, 0.25) is 5.88 Å². The van der Waals surface area contributed by atoms with E-state index in [1.54, 1.807) is 27.1 Å². The zero-order valence-corrected chi connectivity index (χ0v) is 13.5. The highest BCUT2D eigenvalue weighted by Gasteiger charge is 2.20. The van der Waals surface area contributed by atoms with E-state index in [4.69, 9.17) is 9.47 Å². The summed E-state index contributed by atoms with van der Waals surface area (Å²) < 4.78 is 11.5. The van der Waals surface area contributed by atoms with Crippen LogP contribution in [0.3, 0.4) is 0 Å². The van der Waals surface area contributed by atoms with Crippen molar-refractivity contribution in [2.24, 2.45) is 7.05 Å². The summed E-state index contributed by atoms with van der Waals surface area (Å²) in [6.45, 7) is 3.69. The minimum Gasteiger partial charge on any atom is -0.479 e. The zero-order valence-electron chi connectivity index (χ0n) is 12.7. The SMILES string of the molecule is CCOC(=O)c1sc(NC(=O)c2cn(C)nc2OC)nc1C. The number of rotatable bonds is 5. The third kappa shape index (κ3) is 3.25. The molecule has 118 valence electrons. The third-order valence-corrected chi connectivity index (χ3v) is 3.76. The van der Waals surface area contributed by atoms with Crippen LogP contribution in [0.5, 0.6) is 5.88 Å². The normalized spacial score (nSPS) is 10.4. The maximum Gasteiger partial charge on any atom is 0.350 e. The Hall–Kier alpha value is -2.42. The molecule has 0 bridgehead atoms. The van der Waals surface area contributed by atoms with Crippen LogP contribution in [0, 0.1) is 6.92 Å². The number of aromatic nitrogens is 3. The lowest BCUT2D eigenvalue weighted by Gasteiger charge is -2.00. The number of hydrogen-bond donors (Lipinski definition) is 1. The average molecular weight is 324 g/mol. The molecule has 0 fully saturated rings. The molecular formula is C13H16N4O4S. The van der Waals surface area contributed by atoms with E-state index < -0.39 is 11.9 Å². The third-order valence-electron chi connectivity index (χ3n) is 2.71. The van der Waals surface area contributed by atoms with Crippen molar-refractivity contribution in [2.45, 2.75) is 13.8 Å². The second-order valence-corrected chi connectivity index (χ2v) is 5.33. The van der Waals surface area contributed by atoms with Gasteiger partial charge in [-0.05, 0) is 13.8 Å². The summed E-state index contributed by atoms with van der Waals surface area (Å²) >= 11 is 1.07. The standard InChI is InChI=1S/C13H16N4O4S/c1-5-21-12(19)9-7(2)14-13(22-9)15-10(18)8-6-17(3)16-11(8)20-4/h6H,5H2,1-4H3,(H,14,15,18). The van der Waals surface area contributed by atoms with Crippen molar-refractivity contribution < 1.29 is 19.1 Å². The number of esters is 1. The maximum atomic E-state index is 12.2. The quantitative estimate of drug-likeness (QED) is 0.840. The Morgan fingerprint density at radius 2 is 2.18 bits per heavy atom. The van der Waals surface area contributed by atoms with E-state index >= 15 is 0 Å². The topological polar surface area (TPSA) is 95.3 Å². The number of carbonyl (C=O) groups excluding carboxylic acids is 2. The molecule has 0 saturated heterocycles. The maximum absolute atomic E-state index is 12.2. The van der Waals surface area contributed by atoms with Gasteiger partial charge < -0.3 is 9.47 Å². The molecule has 0 atom stereocenters. The smallest absolute Gasteiger partial charge is 0.350 e. The molecule has 9 heteroatoms. The first kappa shape index (κ1) is 16.0. The molecule has 0 unspecified atom stereocenters. The Balaban J connectivity index is 2.18. The number of carbonyl (C=O) groups is 2. The van der Waals surface area contributed by atoms with Crippen molar-refractivity contribution in [3.05, 3.63) is 22.3 Å². The number of hydrogen-bond acceptors (Lipinski definition) is 7. The minimum absolute atomic E-state index is 0.221. The molecular weight excluding hydrogens is 308 g/mol. The lowest BCUT2D eigenvalue weighted by atomic mass is 10.3. The number of nitrogens with one attached hydrogen (secondary N) is 1. The van der Waals surface area contributed by atoms with E-state index in [9.17, 15) is 9.59 Å². The van der Waals surface area contributed by atoms with Gasteiger partial charge in [-0.3, -0.25) is 14.8 Å². The molecule has 0 radical (unpaired) electrons. The lowest BCUT2D eigenvalue weighted by Crippen LogP contribution is -2.12. The fraction of sp³-hybridized carbons (Fsp3) is 0.385. The van der Waals surface area contributed by atoms with Gasteiger partial charge in [-0.15, -0.1) is 5.10 Å². The van der Waals surface area contributed by atoms with Crippen LogP contribution in [0.2, 0.25) is 0 Å². The van der Waals surface area contributed by atoms with Gasteiger partial charge in [0, 0.05) is 13.2 Å². The summed E-state index contributed by atoms with van der Waals surface area (Å²) in [4.78, 5) is 28.5. The molecule has 1 N–H and O–H groups in total. The Labute approximate surface area is 131 Å². The Morgan fingerprint density at radius 1 is 1.45 bits per heavy atom. The van der Waals surface area contributed by atoms with Gasteiger partial charge in [-0.2, -0.15) is 0 Å². The first-order valence-corrected chi connectivity index (χ1v) is 7.31.